The van der Waals surface area contributed by atoms with Gasteiger partial charge in [0.15, 0.2) is 0 Å². The molecule has 2 aromatic rings. The predicted molar refractivity (Wildman–Crippen MR) is 157 cm³/mol. The first-order valence-corrected chi connectivity index (χ1v) is 14.2. The third-order valence-corrected chi connectivity index (χ3v) is 6.54. The second-order valence-corrected chi connectivity index (χ2v) is 12.4. The van der Waals surface area contributed by atoms with Crippen molar-refractivity contribution in [2.75, 3.05) is 33.5 Å². The molecule has 0 aliphatic rings. The van der Waals surface area contributed by atoms with E-state index < -0.39 is 28.8 Å². The number of aliphatic hydroxyl groups is 1. The Hall–Kier alpha value is -2.94. The molecule has 2 rings (SSSR count). The lowest BCUT2D eigenvalue weighted by Crippen LogP contribution is -2.39. The van der Waals surface area contributed by atoms with Crippen LogP contribution in [0.3, 0.4) is 0 Å². The van der Waals surface area contributed by atoms with Crippen molar-refractivity contribution in [3.8, 4) is 5.75 Å². The number of benzene rings is 2. The topological polar surface area (TPSA) is 101 Å². The lowest BCUT2D eigenvalue weighted by Gasteiger charge is -2.30. The summed E-state index contributed by atoms with van der Waals surface area (Å²) in [5, 5.41) is 11.6. The minimum absolute atomic E-state index is 0.0170. The van der Waals surface area contributed by atoms with Crippen LogP contribution in [0, 0.1) is 22.7 Å². The summed E-state index contributed by atoms with van der Waals surface area (Å²) in [5.41, 5.74) is 0.649. The molecule has 0 amide bonds. The molecule has 0 unspecified atom stereocenters. The summed E-state index contributed by atoms with van der Waals surface area (Å²) in [7, 11) is 1.61. The highest BCUT2D eigenvalue weighted by Crippen LogP contribution is 2.24. The maximum Gasteiger partial charge on any atom is 0.311 e. The molecule has 0 saturated heterocycles. The number of carbonyl (C=O) groups is 2. The van der Waals surface area contributed by atoms with Gasteiger partial charge in [-0.25, -0.2) is 0 Å². The van der Waals surface area contributed by atoms with E-state index in [-0.39, 0.29) is 38.4 Å². The molecule has 0 bridgehead atoms. The highest BCUT2D eigenvalue weighted by atomic mass is 16.5. The van der Waals surface area contributed by atoms with Crippen LogP contribution in [0.15, 0.2) is 54.6 Å². The van der Waals surface area contributed by atoms with Crippen LogP contribution in [-0.4, -0.2) is 56.7 Å². The van der Waals surface area contributed by atoms with Crippen molar-refractivity contribution in [3.63, 3.8) is 0 Å². The van der Waals surface area contributed by atoms with E-state index in [2.05, 4.69) is 0 Å². The largest absolute Gasteiger partial charge is 0.497 e. The number of aliphatic hydroxyl groups excluding tert-OH is 1. The number of hydrogen-bond acceptors (Lipinski definition) is 8. The van der Waals surface area contributed by atoms with Gasteiger partial charge in [-0.1, -0.05) is 42.5 Å². The number of hydrogen-bond donors (Lipinski definition) is 1. The Balaban J connectivity index is 2.13. The summed E-state index contributed by atoms with van der Waals surface area (Å²) >= 11 is 0. The maximum absolute atomic E-state index is 12.5. The van der Waals surface area contributed by atoms with Gasteiger partial charge in [-0.2, -0.15) is 0 Å². The van der Waals surface area contributed by atoms with Crippen LogP contribution in [0.25, 0.3) is 0 Å². The molecule has 0 aromatic heterocycles. The lowest BCUT2D eigenvalue weighted by atomic mass is 9.89. The highest BCUT2D eigenvalue weighted by molar-refractivity contribution is 5.75. The van der Waals surface area contributed by atoms with Gasteiger partial charge in [-0.15, -0.1) is 0 Å². The monoisotopic (exact) mass is 572 g/mol. The molecule has 0 fully saturated rings. The van der Waals surface area contributed by atoms with Gasteiger partial charge >= 0.3 is 11.9 Å². The van der Waals surface area contributed by atoms with E-state index in [0.717, 1.165) is 16.9 Å². The lowest BCUT2D eigenvalue weighted by molar-refractivity contribution is -0.159. The third kappa shape index (κ3) is 12.6. The van der Waals surface area contributed by atoms with Crippen molar-refractivity contribution in [2.24, 2.45) is 22.7 Å². The molecule has 3 atom stereocenters. The summed E-state index contributed by atoms with van der Waals surface area (Å²) in [5.74, 6) is -0.838. The number of rotatable bonds is 16. The second-order valence-electron chi connectivity index (χ2n) is 12.4. The smallest absolute Gasteiger partial charge is 0.311 e. The quantitative estimate of drug-likeness (QED) is 0.260. The number of ether oxygens (including phenoxy) is 5. The van der Waals surface area contributed by atoms with Crippen LogP contribution < -0.4 is 4.74 Å². The summed E-state index contributed by atoms with van der Waals surface area (Å²) in [6, 6.07) is 17.3. The molecule has 41 heavy (non-hydrogen) atoms. The van der Waals surface area contributed by atoms with Crippen molar-refractivity contribution in [1.29, 1.82) is 0 Å². The average Bonchev–Trinajstić information content (AvgIpc) is 2.93. The molecule has 2 aromatic carbocycles. The van der Waals surface area contributed by atoms with Crippen molar-refractivity contribution in [1.82, 2.24) is 0 Å². The molecular weight excluding hydrogens is 524 g/mol. The van der Waals surface area contributed by atoms with Gasteiger partial charge in [-0.3, -0.25) is 9.59 Å². The molecule has 0 aliphatic carbocycles. The molecule has 228 valence electrons. The zero-order valence-electron chi connectivity index (χ0n) is 25.7. The summed E-state index contributed by atoms with van der Waals surface area (Å²) in [6.07, 6.45) is -0.567. The Kier molecular flexibility index (Phi) is 13.8. The molecule has 0 radical (unpaired) electrons. The minimum Gasteiger partial charge on any atom is -0.497 e. The molecule has 0 spiro atoms. The van der Waals surface area contributed by atoms with Gasteiger partial charge < -0.3 is 28.8 Å². The van der Waals surface area contributed by atoms with Gasteiger partial charge in [0.05, 0.1) is 63.7 Å². The summed E-state index contributed by atoms with van der Waals surface area (Å²) < 4.78 is 28.3. The minimum atomic E-state index is -0.942. The highest BCUT2D eigenvalue weighted by Gasteiger charge is 2.32. The zero-order valence-corrected chi connectivity index (χ0v) is 25.7. The first kappa shape index (κ1) is 34.3. The summed E-state index contributed by atoms with van der Waals surface area (Å²) in [6.45, 7) is 11.9. The van der Waals surface area contributed by atoms with Gasteiger partial charge in [0, 0.05) is 11.8 Å². The first-order valence-electron chi connectivity index (χ1n) is 14.2. The molecular formula is C33H48O8. The molecule has 8 heteroatoms. The van der Waals surface area contributed by atoms with Crippen molar-refractivity contribution in [2.45, 2.75) is 67.3 Å². The number of carbonyl (C=O) groups excluding carboxylic acids is 2. The van der Waals surface area contributed by atoms with E-state index in [1.807, 2.05) is 54.6 Å². The zero-order chi connectivity index (χ0) is 30.5. The van der Waals surface area contributed by atoms with E-state index in [4.69, 9.17) is 23.7 Å². The predicted octanol–water partition coefficient (Wildman–Crippen LogP) is 5.59. The van der Waals surface area contributed by atoms with Gasteiger partial charge in [0.2, 0.25) is 0 Å². The van der Waals surface area contributed by atoms with E-state index in [1.165, 1.54) is 0 Å². The molecule has 0 heterocycles. The van der Waals surface area contributed by atoms with E-state index in [9.17, 15) is 14.7 Å². The van der Waals surface area contributed by atoms with Gasteiger partial charge in [-0.05, 0) is 71.2 Å². The fourth-order valence-electron chi connectivity index (χ4n) is 3.85. The van der Waals surface area contributed by atoms with Gasteiger partial charge in [0.1, 0.15) is 5.75 Å². The van der Waals surface area contributed by atoms with Crippen LogP contribution in [-0.2, 0) is 41.8 Å². The Morgan fingerprint density at radius 3 is 1.76 bits per heavy atom. The Bertz CT molecular complexity index is 1040. The fraction of sp³-hybridized carbons (Fsp3) is 0.576. The van der Waals surface area contributed by atoms with Crippen molar-refractivity contribution >= 4 is 11.9 Å². The van der Waals surface area contributed by atoms with Crippen LogP contribution in [0.4, 0.5) is 0 Å². The normalized spacial score (nSPS) is 14.1. The maximum atomic E-state index is 12.5. The van der Waals surface area contributed by atoms with Crippen molar-refractivity contribution < 1.29 is 38.4 Å². The van der Waals surface area contributed by atoms with E-state index in [1.54, 1.807) is 48.7 Å². The molecule has 0 saturated carbocycles. The molecule has 8 nitrogen and oxygen atoms in total. The first-order chi connectivity index (χ1) is 19.3. The molecule has 0 aliphatic heterocycles. The van der Waals surface area contributed by atoms with E-state index >= 15 is 0 Å². The van der Waals surface area contributed by atoms with Crippen LogP contribution in [0.1, 0.15) is 59.1 Å². The Morgan fingerprint density at radius 2 is 1.22 bits per heavy atom. The number of methoxy groups -OCH3 is 1. The Labute approximate surface area is 245 Å². The van der Waals surface area contributed by atoms with E-state index in [0.29, 0.717) is 19.6 Å². The van der Waals surface area contributed by atoms with Crippen molar-refractivity contribution in [3.05, 3.63) is 65.7 Å². The SMILES string of the molecule is COc1ccc(COC[C@H](COC(=O)C(C)(C)C)[C@@H](O)[C@@H](CCOC(=O)C(C)(C)C)COCc2ccccc2)cc1. The number of esters is 2. The van der Waals surface area contributed by atoms with Crippen LogP contribution >= 0.6 is 0 Å². The molecule has 1 N–H and O–H groups in total. The van der Waals surface area contributed by atoms with Gasteiger partial charge in [0.25, 0.3) is 0 Å². The second kappa shape index (κ2) is 16.5. The average molecular weight is 573 g/mol. The fourth-order valence-corrected chi connectivity index (χ4v) is 3.85. The van der Waals surface area contributed by atoms with Crippen LogP contribution in [0.2, 0.25) is 0 Å². The third-order valence-electron chi connectivity index (χ3n) is 6.54. The van der Waals surface area contributed by atoms with Crippen LogP contribution in [0.5, 0.6) is 5.75 Å². The Morgan fingerprint density at radius 1 is 0.707 bits per heavy atom. The standard InChI is InChI=1S/C33H48O8/c1-32(2,3)30(35)40-18-17-26(21-38-19-24-11-9-8-10-12-24)29(34)27(23-41-31(36)33(4,5)6)22-39-20-25-13-15-28(37-7)16-14-25/h8-16,26-27,29,34H,17-23H2,1-7H3/t26-,27+,29-/m0/s1. The summed E-state index contributed by atoms with van der Waals surface area (Å²) in [4.78, 5) is 24.9.